The molecule has 0 aliphatic carbocycles. The Morgan fingerprint density at radius 1 is 1.29 bits per heavy atom. The van der Waals surface area contributed by atoms with E-state index in [2.05, 4.69) is 4.99 Å². The third-order valence-electron chi connectivity index (χ3n) is 2.40. The molecule has 14 heavy (non-hydrogen) atoms. The molecule has 0 saturated carbocycles. The molecule has 0 amide bonds. The van der Waals surface area contributed by atoms with Crippen molar-refractivity contribution < 1.29 is 4.74 Å². The van der Waals surface area contributed by atoms with E-state index in [1.807, 2.05) is 44.2 Å². The first kappa shape index (κ1) is 9.06. The van der Waals surface area contributed by atoms with Gasteiger partial charge in [0.05, 0.1) is 0 Å². The second-order valence-electron chi connectivity index (χ2n) is 3.99. The van der Waals surface area contributed by atoms with E-state index in [-0.39, 0.29) is 17.7 Å². The Balaban J connectivity index is 2.35. The summed E-state index contributed by atoms with van der Waals surface area (Å²) in [6, 6.07) is 10.3. The Morgan fingerprint density at radius 2 is 1.93 bits per heavy atom. The zero-order valence-corrected chi connectivity index (χ0v) is 8.40. The number of ether oxygens (including phenoxy) is 1. The number of rotatable bonds is 1. The number of nitrogens with zero attached hydrogens (tertiary/aromatic N) is 1. The standard InChI is InChI=1S/C11H14N2O/c1-11(2)9(13-10(12)14-11)8-6-4-3-5-7-8/h3-7,9H,1-2H3,(H2,12,13). The maximum atomic E-state index is 5.57. The van der Waals surface area contributed by atoms with Crippen LogP contribution in [0, 0.1) is 0 Å². The summed E-state index contributed by atoms with van der Waals surface area (Å²) in [6.45, 7) is 3.99. The maximum Gasteiger partial charge on any atom is 0.283 e. The molecule has 2 N–H and O–H groups in total. The highest BCUT2D eigenvalue weighted by atomic mass is 16.5. The molecule has 1 aliphatic rings. The largest absolute Gasteiger partial charge is 0.457 e. The van der Waals surface area contributed by atoms with Crippen LogP contribution in [0.1, 0.15) is 25.5 Å². The first-order valence-corrected chi connectivity index (χ1v) is 4.67. The summed E-state index contributed by atoms with van der Waals surface area (Å²) in [5.74, 6) is 0. The molecule has 1 aliphatic heterocycles. The zero-order chi connectivity index (χ0) is 10.2. The van der Waals surface area contributed by atoms with E-state index < -0.39 is 0 Å². The van der Waals surface area contributed by atoms with Gasteiger partial charge in [-0.3, -0.25) is 0 Å². The summed E-state index contributed by atoms with van der Waals surface area (Å²) in [4.78, 5) is 4.28. The Labute approximate surface area is 83.6 Å². The number of amidine groups is 1. The van der Waals surface area contributed by atoms with E-state index >= 15 is 0 Å². The van der Waals surface area contributed by atoms with Crippen LogP contribution in [0.5, 0.6) is 0 Å². The van der Waals surface area contributed by atoms with Crippen molar-refractivity contribution in [3.63, 3.8) is 0 Å². The average molecular weight is 190 g/mol. The molecular formula is C11H14N2O. The zero-order valence-electron chi connectivity index (χ0n) is 8.40. The fourth-order valence-corrected chi connectivity index (χ4v) is 1.75. The maximum absolute atomic E-state index is 5.57. The summed E-state index contributed by atoms with van der Waals surface area (Å²) in [7, 11) is 0. The second-order valence-corrected chi connectivity index (χ2v) is 3.99. The number of nitrogens with two attached hydrogens (primary N) is 1. The smallest absolute Gasteiger partial charge is 0.283 e. The van der Waals surface area contributed by atoms with Gasteiger partial charge in [-0.15, -0.1) is 0 Å². The highest BCUT2D eigenvalue weighted by Gasteiger charge is 2.38. The molecule has 0 bridgehead atoms. The normalized spacial score (nSPS) is 24.1. The second kappa shape index (κ2) is 3.01. The third-order valence-corrected chi connectivity index (χ3v) is 2.40. The average Bonchev–Trinajstić information content (AvgIpc) is 2.41. The Hall–Kier alpha value is -1.51. The van der Waals surface area contributed by atoms with Gasteiger partial charge in [-0.05, 0) is 19.4 Å². The highest BCUT2D eigenvalue weighted by Crippen LogP contribution is 2.36. The van der Waals surface area contributed by atoms with Crippen LogP contribution in [0.4, 0.5) is 0 Å². The minimum Gasteiger partial charge on any atom is -0.457 e. The van der Waals surface area contributed by atoms with Crippen LogP contribution in [-0.4, -0.2) is 11.6 Å². The predicted octanol–water partition coefficient (Wildman–Crippen LogP) is 1.85. The van der Waals surface area contributed by atoms with Crippen molar-refractivity contribution in [3.05, 3.63) is 35.9 Å². The van der Waals surface area contributed by atoms with Gasteiger partial charge in [0.25, 0.3) is 6.02 Å². The van der Waals surface area contributed by atoms with E-state index in [1.165, 1.54) is 0 Å². The monoisotopic (exact) mass is 190 g/mol. The molecule has 0 spiro atoms. The van der Waals surface area contributed by atoms with Crippen molar-refractivity contribution in [1.29, 1.82) is 0 Å². The fourth-order valence-electron chi connectivity index (χ4n) is 1.75. The minimum atomic E-state index is -0.342. The molecular weight excluding hydrogens is 176 g/mol. The molecule has 1 unspecified atom stereocenters. The van der Waals surface area contributed by atoms with Crippen LogP contribution in [0.2, 0.25) is 0 Å². The summed E-state index contributed by atoms with van der Waals surface area (Å²) >= 11 is 0. The molecule has 0 radical (unpaired) electrons. The van der Waals surface area contributed by atoms with Gasteiger partial charge in [-0.25, -0.2) is 4.99 Å². The molecule has 3 nitrogen and oxygen atoms in total. The lowest BCUT2D eigenvalue weighted by atomic mass is 9.93. The predicted molar refractivity (Wildman–Crippen MR) is 56.0 cm³/mol. The fraction of sp³-hybridized carbons (Fsp3) is 0.364. The lowest BCUT2D eigenvalue weighted by Crippen LogP contribution is -2.29. The molecule has 3 heteroatoms. The molecule has 0 aromatic heterocycles. The van der Waals surface area contributed by atoms with Crippen LogP contribution >= 0.6 is 0 Å². The SMILES string of the molecule is CC1(C)OC(N)=NC1c1ccccc1. The number of benzene rings is 1. The number of aliphatic imine (C=N–C) groups is 1. The lowest BCUT2D eigenvalue weighted by Gasteiger charge is -2.24. The van der Waals surface area contributed by atoms with Crippen LogP contribution in [-0.2, 0) is 4.74 Å². The topological polar surface area (TPSA) is 47.6 Å². The van der Waals surface area contributed by atoms with Crippen molar-refractivity contribution in [2.24, 2.45) is 10.7 Å². The van der Waals surface area contributed by atoms with E-state index in [0.717, 1.165) is 5.56 Å². The first-order valence-electron chi connectivity index (χ1n) is 4.67. The van der Waals surface area contributed by atoms with Crippen molar-refractivity contribution in [3.8, 4) is 0 Å². The molecule has 1 aromatic rings. The van der Waals surface area contributed by atoms with Gasteiger partial charge in [0.2, 0.25) is 0 Å². The van der Waals surface area contributed by atoms with E-state index in [1.54, 1.807) is 0 Å². The van der Waals surface area contributed by atoms with Crippen LogP contribution in [0.25, 0.3) is 0 Å². The van der Waals surface area contributed by atoms with Gasteiger partial charge >= 0.3 is 0 Å². The Morgan fingerprint density at radius 3 is 2.43 bits per heavy atom. The molecule has 0 fully saturated rings. The van der Waals surface area contributed by atoms with Crippen molar-refractivity contribution >= 4 is 6.02 Å². The van der Waals surface area contributed by atoms with Gasteiger partial charge in [-0.2, -0.15) is 0 Å². The van der Waals surface area contributed by atoms with E-state index in [0.29, 0.717) is 0 Å². The third kappa shape index (κ3) is 1.45. The van der Waals surface area contributed by atoms with Crippen molar-refractivity contribution in [2.75, 3.05) is 0 Å². The van der Waals surface area contributed by atoms with Crippen LogP contribution in [0.3, 0.4) is 0 Å². The molecule has 0 saturated heterocycles. The summed E-state index contributed by atoms with van der Waals surface area (Å²) in [5.41, 5.74) is 6.36. The van der Waals surface area contributed by atoms with Crippen LogP contribution in [0.15, 0.2) is 35.3 Å². The highest BCUT2D eigenvalue weighted by molar-refractivity contribution is 5.74. The summed E-state index contributed by atoms with van der Waals surface area (Å²) in [5, 5.41) is 0. The van der Waals surface area contributed by atoms with Crippen LogP contribution < -0.4 is 5.73 Å². The summed E-state index contributed by atoms with van der Waals surface area (Å²) in [6.07, 6.45) is 0. The Kier molecular flexibility index (Phi) is 1.95. The Bertz CT molecular complexity index is 357. The molecule has 74 valence electrons. The minimum absolute atomic E-state index is 0.00343. The van der Waals surface area contributed by atoms with Gasteiger partial charge in [0, 0.05) is 0 Å². The molecule has 1 aromatic carbocycles. The van der Waals surface area contributed by atoms with Gasteiger partial charge in [-0.1, -0.05) is 30.3 Å². The van der Waals surface area contributed by atoms with E-state index in [9.17, 15) is 0 Å². The first-order chi connectivity index (χ1) is 6.59. The molecule has 1 heterocycles. The van der Waals surface area contributed by atoms with E-state index in [4.69, 9.17) is 10.5 Å². The quantitative estimate of drug-likeness (QED) is 0.734. The molecule has 2 rings (SSSR count). The lowest BCUT2D eigenvalue weighted by molar-refractivity contribution is 0.0949. The van der Waals surface area contributed by atoms with Gasteiger partial charge < -0.3 is 10.5 Å². The van der Waals surface area contributed by atoms with Gasteiger partial charge in [0.15, 0.2) is 0 Å². The van der Waals surface area contributed by atoms with Crippen molar-refractivity contribution in [2.45, 2.75) is 25.5 Å². The number of hydrogen-bond acceptors (Lipinski definition) is 3. The van der Waals surface area contributed by atoms with Gasteiger partial charge in [0.1, 0.15) is 11.6 Å². The summed E-state index contributed by atoms with van der Waals surface area (Å²) < 4.78 is 5.44. The molecule has 1 atom stereocenters. The number of hydrogen-bond donors (Lipinski definition) is 1. The van der Waals surface area contributed by atoms with Crippen molar-refractivity contribution in [1.82, 2.24) is 0 Å².